The van der Waals surface area contributed by atoms with Crippen molar-refractivity contribution in [2.45, 2.75) is 51.5 Å². The third-order valence-corrected chi connectivity index (χ3v) is 5.70. The molecule has 1 aliphatic heterocycles. The molecule has 0 aromatic carbocycles. The van der Waals surface area contributed by atoms with Gasteiger partial charge >= 0.3 is 0 Å². The average molecular weight is 314 g/mol. The molecule has 4 rings (SSSR count). The second kappa shape index (κ2) is 6.48. The third-order valence-electron chi connectivity index (χ3n) is 5.70. The summed E-state index contributed by atoms with van der Waals surface area (Å²) in [5, 5.41) is 0. The van der Waals surface area contributed by atoms with E-state index in [4.69, 9.17) is 0 Å². The number of likely N-dealkylation sites (tertiary alicyclic amines) is 1. The monoisotopic (exact) mass is 314 g/mol. The van der Waals surface area contributed by atoms with Gasteiger partial charge in [0.15, 0.2) is 0 Å². The maximum Gasteiger partial charge on any atom is 0.275 e. The van der Waals surface area contributed by atoms with Crippen molar-refractivity contribution in [2.75, 3.05) is 13.1 Å². The Labute approximate surface area is 136 Å². The van der Waals surface area contributed by atoms with Crippen LogP contribution in [-0.4, -0.2) is 32.9 Å². The fourth-order valence-corrected chi connectivity index (χ4v) is 4.51. The Balaban J connectivity index is 1.38. The highest BCUT2D eigenvalue weighted by atomic mass is 16.1. The smallest absolute Gasteiger partial charge is 0.275 e. The lowest BCUT2D eigenvalue weighted by Gasteiger charge is -2.24. The molecule has 2 N–H and O–H groups in total. The van der Waals surface area contributed by atoms with Crippen molar-refractivity contribution in [3.63, 3.8) is 0 Å². The standard InChI is InChI=1S/C18H26N4O/c23-18-17-16(20-12-21-18)15(9-19-17)11-22-7-6-14(10-22)8-13-4-2-1-3-5-13/h9,12-14,19H,1-8,10-11H2,(H,20,21,23)/t14-/m0/s1. The van der Waals surface area contributed by atoms with Crippen LogP contribution in [0.5, 0.6) is 0 Å². The van der Waals surface area contributed by atoms with Gasteiger partial charge in [-0.3, -0.25) is 9.69 Å². The van der Waals surface area contributed by atoms with Crippen molar-refractivity contribution < 1.29 is 0 Å². The van der Waals surface area contributed by atoms with Gasteiger partial charge in [0.1, 0.15) is 5.52 Å². The van der Waals surface area contributed by atoms with Crippen molar-refractivity contribution >= 4 is 11.0 Å². The van der Waals surface area contributed by atoms with Crippen LogP contribution in [0.1, 0.15) is 50.5 Å². The van der Waals surface area contributed by atoms with Crippen molar-refractivity contribution in [2.24, 2.45) is 11.8 Å². The zero-order valence-electron chi connectivity index (χ0n) is 13.7. The summed E-state index contributed by atoms with van der Waals surface area (Å²) >= 11 is 0. The first kappa shape index (κ1) is 14.9. The van der Waals surface area contributed by atoms with E-state index in [-0.39, 0.29) is 5.56 Å². The predicted octanol–water partition coefficient (Wildman–Crippen LogP) is 3.04. The molecule has 3 heterocycles. The molecular weight excluding hydrogens is 288 g/mol. The predicted molar refractivity (Wildman–Crippen MR) is 91.3 cm³/mol. The minimum Gasteiger partial charge on any atom is -0.355 e. The van der Waals surface area contributed by atoms with Crippen molar-refractivity contribution in [3.8, 4) is 0 Å². The van der Waals surface area contributed by atoms with E-state index in [1.807, 2.05) is 6.20 Å². The highest BCUT2D eigenvalue weighted by molar-refractivity contribution is 5.77. The third kappa shape index (κ3) is 3.20. The Morgan fingerprint density at radius 2 is 2.00 bits per heavy atom. The fraction of sp³-hybridized carbons (Fsp3) is 0.667. The molecule has 1 atom stereocenters. The molecule has 0 unspecified atom stereocenters. The summed E-state index contributed by atoms with van der Waals surface area (Å²) in [6.45, 7) is 3.28. The molecular formula is C18H26N4O. The molecule has 2 fully saturated rings. The summed E-state index contributed by atoms with van der Waals surface area (Å²) in [7, 11) is 0. The SMILES string of the molecule is O=c1[nH]cnc2c(CN3CC[C@@H](CC4CCCCC4)C3)c[nH]c12. The summed E-state index contributed by atoms with van der Waals surface area (Å²) in [6.07, 6.45) is 13.4. The van der Waals surface area contributed by atoms with E-state index in [0.29, 0.717) is 5.52 Å². The summed E-state index contributed by atoms with van der Waals surface area (Å²) in [5.41, 5.74) is 2.48. The molecule has 0 amide bonds. The van der Waals surface area contributed by atoms with Crippen LogP contribution in [0.3, 0.4) is 0 Å². The van der Waals surface area contributed by atoms with E-state index in [9.17, 15) is 4.79 Å². The number of nitrogens with one attached hydrogen (secondary N) is 2. The van der Waals surface area contributed by atoms with Crippen LogP contribution in [0.2, 0.25) is 0 Å². The van der Waals surface area contributed by atoms with E-state index >= 15 is 0 Å². The van der Waals surface area contributed by atoms with E-state index in [0.717, 1.165) is 29.5 Å². The molecule has 0 bridgehead atoms. The molecule has 23 heavy (non-hydrogen) atoms. The average Bonchev–Trinajstić information content (AvgIpc) is 3.17. The molecule has 124 valence electrons. The maximum atomic E-state index is 11.8. The largest absolute Gasteiger partial charge is 0.355 e. The number of hydrogen-bond acceptors (Lipinski definition) is 3. The van der Waals surface area contributed by atoms with Crippen LogP contribution < -0.4 is 5.56 Å². The van der Waals surface area contributed by atoms with Gasteiger partial charge in [-0.1, -0.05) is 32.1 Å². The number of aromatic amines is 2. The van der Waals surface area contributed by atoms with Crippen LogP contribution in [0.25, 0.3) is 11.0 Å². The van der Waals surface area contributed by atoms with Crippen LogP contribution in [0.15, 0.2) is 17.3 Å². The molecule has 1 aliphatic carbocycles. The van der Waals surface area contributed by atoms with E-state index < -0.39 is 0 Å². The molecule has 0 spiro atoms. The Morgan fingerprint density at radius 3 is 2.87 bits per heavy atom. The first-order valence-electron chi connectivity index (χ1n) is 9.05. The Hall–Kier alpha value is -1.62. The lowest BCUT2D eigenvalue weighted by molar-refractivity contribution is 0.269. The van der Waals surface area contributed by atoms with Gasteiger partial charge in [-0.15, -0.1) is 0 Å². The minimum atomic E-state index is -0.0853. The highest BCUT2D eigenvalue weighted by Crippen LogP contribution is 2.33. The molecule has 2 aromatic heterocycles. The van der Waals surface area contributed by atoms with Gasteiger partial charge in [0, 0.05) is 24.8 Å². The summed E-state index contributed by atoms with van der Waals surface area (Å²) in [6, 6.07) is 0. The molecule has 1 saturated heterocycles. The molecule has 5 heteroatoms. The van der Waals surface area contributed by atoms with Crippen molar-refractivity contribution in [3.05, 3.63) is 28.4 Å². The van der Waals surface area contributed by atoms with Gasteiger partial charge in [0.2, 0.25) is 0 Å². The number of hydrogen-bond donors (Lipinski definition) is 2. The van der Waals surface area contributed by atoms with Gasteiger partial charge in [0.25, 0.3) is 5.56 Å². The number of aromatic nitrogens is 3. The van der Waals surface area contributed by atoms with Crippen LogP contribution >= 0.6 is 0 Å². The van der Waals surface area contributed by atoms with E-state index in [1.54, 1.807) is 0 Å². The number of H-pyrrole nitrogens is 2. The number of fused-ring (bicyclic) bond motifs is 1. The number of nitrogens with zero attached hydrogens (tertiary/aromatic N) is 2. The molecule has 0 radical (unpaired) electrons. The highest BCUT2D eigenvalue weighted by Gasteiger charge is 2.26. The number of rotatable bonds is 4. The topological polar surface area (TPSA) is 64.8 Å². The Bertz CT molecular complexity index is 713. The maximum absolute atomic E-state index is 11.8. The summed E-state index contributed by atoms with van der Waals surface area (Å²) in [5.74, 6) is 1.83. The van der Waals surface area contributed by atoms with Crippen LogP contribution in [0, 0.1) is 11.8 Å². The van der Waals surface area contributed by atoms with E-state index in [1.165, 1.54) is 64.4 Å². The van der Waals surface area contributed by atoms with Gasteiger partial charge in [0.05, 0.1) is 11.8 Å². The summed E-state index contributed by atoms with van der Waals surface area (Å²) < 4.78 is 0. The lowest BCUT2D eigenvalue weighted by Crippen LogP contribution is -2.21. The summed E-state index contributed by atoms with van der Waals surface area (Å²) in [4.78, 5) is 24.3. The minimum absolute atomic E-state index is 0.0853. The van der Waals surface area contributed by atoms with E-state index in [2.05, 4.69) is 19.9 Å². The second-order valence-corrected chi connectivity index (χ2v) is 7.40. The fourth-order valence-electron chi connectivity index (χ4n) is 4.51. The lowest BCUT2D eigenvalue weighted by atomic mass is 9.82. The second-order valence-electron chi connectivity index (χ2n) is 7.40. The first-order valence-corrected chi connectivity index (χ1v) is 9.05. The Morgan fingerprint density at radius 1 is 1.13 bits per heavy atom. The molecule has 1 saturated carbocycles. The van der Waals surface area contributed by atoms with Crippen LogP contribution in [0.4, 0.5) is 0 Å². The Kier molecular flexibility index (Phi) is 4.21. The normalized spacial score (nSPS) is 23.7. The van der Waals surface area contributed by atoms with Gasteiger partial charge in [-0.05, 0) is 31.2 Å². The van der Waals surface area contributed by atoms with Crippen molar-refractivity contribution in [1.29, 1.82) is 0 Å². The molecule has 5 nitrogen and oxygen atoms in total. The van der Waals surface area contributed by atoms with Crippen LogP contribution in [-0.2, 0) is 6.54 Å². The zero-order valence-corrected chi connectivity index (χ0v) is 13.7. The zero-order chi connectivity index (χ0) is 15.6. The quantitative estimate of drug-likeness (QED) is 0.911. The van der Waals surface area contributed by atoms with Gasteiger partial charge < -0.3 is 9.97 Å². The van der Waals surface area contributed by atoms with Crippen molar-refractivity contribution in [1.82, 2.24) is 19.9 Å². The molecule has 2 aromatic rings. The van der Waals surface area contributed by atoms with Gasteiger partial charge in [-0.2, -0.15) is 0 Å². The molecule has 2 aliphatic rings. The van der Waals surface area contributed by atoms with Gasteiger partial charge in [-0.25, -0.2) is 4.98 Å². The first-order chi connectivity index (χ1) is 11.3.